The van der Waals surface area contributed by atoms with Crippen LogP contribution < -0.4 is 0 Å². The zero-order valence-corrected chi connectivity index (χ0v) is 9.80. The zero-order chi connectivity index (χ0) is 12.0. The van der Waals surface area contributed by atoms with Crippen molar-refractivity contribution in [3.8, 4) is 0 Å². The maximum Gasteiger partial charge on any atom is 0.0854 e. The lowest BCUT2D eigenvalue weighted by Gasteiger charge is -2.14. The number of likely N-dealkylation sites (N-methyl/N-ethyl adjacent to an activating group) is 1. The lowest BCUT2D eigenvalue weighted by Crippen LogP contribution is -2.24. The molecule has 3 nitrogen and oxygen atoms in total. The minimum absolute atomic E-state index is 0.0610. The highest BCUT2D eigenvalue weighted by molar-refractivity contribution is 5.66. The van der Waals surface area contributed by atoms with Gasteiger partial charge in [0.1, 0.15) is 0 Å². The maximum absolute atomic E-state index is 9.75. The first-order valence-corrected chi connectivity index (χ1v) is 5.33. The first-order chi connectivity index (χ1) is 7.63. The van der Waals surface area contributed by atoms with E-state index in [2.05, 4.69) is 0 Å². The third-order valence-corrected chi connectivity index (χ3v) is 2.26. The van der Waals surface area contributed by atoms with E-state index in [-0.39, 0.29) is 6.61 Å². The van der Waals surface area contributed by atoms with Crippen LogP contribution in [0, 0.1) is 0 Å². The monoisotopic (exact) mass is 221 g/mol. The molecule has 0 aliphatic carbocycles. The van der Waals surface area contributed by atoms with Crippen molar-refractivity contribution in [2.75, 3.05) is 27.2 Å². The molecule has 0 heterocycles. The van der Waals surface area contributed by atoms with Crippen molar-refractivity contribution in [3.63, 3.8) is 0 Å². The lowest BCUT2D eigenvalue weighted by molar-refractivity contribution is 0.178. The highest BCUT2D eigenvalue weighted by atomic mass is 16.3. The van der Waals surface area contributed by atoms with E-state index in [1.54, 1.807) is 6.08 Å². The summed E-state index contributed by atoms with van der Waals surface area (Å²) in [5, 5.41) is 19.0. The average molecular weight is 221 g/mol. The van der Waals surface area contributed by atoms with Crippen LogP contribution >= 0.6 is 0 Å². The summed E-state index contributed by atoms with van der Waals surface area (Å²) >= 11 is 0. The van der Waals surface area contributed by atoms with Gasteiger partial charge in [-0.05, 0) is 31.3 Å². The predicted octanol–water partition coefficient (Wildman–Crippen LogP) is 0.985. The van der Waals surface area contributed by atoms with E-state index in [0.29, 0.717) is 6.54 Å². The van der Waals surface area contributed by atoms with Gasteiger partial charge < -0.3 is 15.1 Å². The van der Waals surface area contributed by atoms with Gasteiger partial charge in [0.2, 0.25) is 0 Å². The molecular formula is C13H19NO2. The third-order valence-electron chi connectivity index (χ3n) is 2.26. The second-order valence-electron chi connectivity index (χ2n) is 4.05. The Morgan fingerprint density at radius 1 is 1.31 bits per heavy atom. The van der Waals surface area contributed by atoms with Gasteiger partial charge in [0.25, 0.3) is 0 Å². The number of aliphatic hydroxyl groups excluding tert-OH is 2. The molecular weight excluding hydrogens is 202 g/mol. The van der Waals surface area contributed by atoms with Gasteiger partial charge in [-0.1, -0.05) is 30.3 Å². The van der Waals surface area contributed by atoms with E-state index >= 15 is 0 Å². The minimum atomic E-state index is -0.558. The topological polar surface area (TPSA) is 43.7 Å². The number of rotatable bonds is 5. The fraction of sp³-hybridized carbons (Fsp3) is 0.385. The van der Waals surface area contributed by atoms with Gasteiger partial charge in [-0.3, -0.25) is 0 Å². The third kappa shape index (κ3) is 4.14. The number of hydrogen-bond acceptors (Lipinski definition) is 3. The van der Waals surface area contributed by atoms with Crippen molar-refractivity contribution in [2.24, 2.45) is 0 Å². The Morgan fingerprint density at radius 2 is 1.94 bits per heavy atom. The maximum atomic E-state index is 9.75. The molecule has 0 fully saturated rings. The summed E-state index contributed by atoms with van der Waals surface area (Å²) in [6.07, 6.45) is 1.15. The molecule has 1 aromatic rings. The Kier molecular flexibility index (Phi) is 5.19. The molecule has 0 aliphatic heterocycles. The minimum Gasteiger partial charge on any atom is -0.392 e. The molecule has 0 radical (unpaired) electrons. The van der Waals surface area contributed by atoms with Crippen LogP contribution in [0.15, 0.2) is 36.4 Å². The van der Waals surface area contributed by atoms with E-state index < -0.39 is 6.10 Å². The van der Waals surface area contributed by atoms with Gasteiger partial charge in [-0.25, -0.2) is 0 Å². The molecule has 88 valence electrons. The largest absolute Gasteiger partial charge is 0.392 e. The molecule has 1 atom stereocenters. The van der Waals surface area contributed by atoms with E-state index in [1.807, 2.05) is 49.3 Å². The highest BCUT2D eigenvalue weighted by Gasteiger charge is 2.05. The summed E-state index contributed by atoms with van der Waals surface area (Å²) in [6.45, 7) is 0.491. The lowest BCUT2D eigenvalue weighted by atomic mass is 10.0. The van der Waals surface area contributed by atoms with Gasteiger partial charge in [-0.15, -0.1) is 0 Å². The van der Waals surface area contributed by atoms with Crippen molar-refractivity contribution < 1.29 is 10.2 Å². The van der Waals surface area contributed by atoms with Crippen molar-refractivity contribution in [3.05, 3.63) is 42.0 Å². The summed E-state index contributed by atoms with van der Waals surface area (Å²) in [4.78, 5) is 1.90. The van der Waals surface area contributed by atoms with Crippen LogP contribution in [0.4, 0.5) is 0 Å². The van der Waals surface area contributed by atoms with Crippen LogP contribution in [0.2, 0.25) is 0 Å². The first-order valence-electron chi connectivity index (χ1n) is 5.33. The standard InChI is InChI=1S/C13H19NO2/c1-14(2)9-13(16)8-12(10-15)11-6-4-3-5-7-11/h3-8,13,15-16H,9-10H2,1-2H3/b12-8+. The second-order valence-corrected chi connectivity index (χ2v) is 4.05. The fourth-order valence-electron chi connectivity index (χ4n) is 1.55. The van der Waals surface area contributed by atoms with Crippen molar-refractivity contribution in [2.45, 2.75) is 6.10 Å². The first kappa shape index (κ1) is 12.9. The summed E-state index contributed by atoms with van der Waals surface area (Å²) in [7, 11) is 3.80. The van der Waals surface area contributed by atoms with Crippen LogP contribution in [0.25, 0.3) is 5.57 Å². The number of benzene rings is 1. The van der Waals surface area contributed by atoms with Crippen LogP contribution in [0.1, 0.15) is 5.56 Å². The van der Waals surface area contributed by atoms with Crippen molar-refractivity contribution in [1.82, 2.24) is 4.90 Å². The fourth-order valence-corrected chi connectivity index (χ4v) is 1.55. The molecule has 1 rings (SSSR count). The van der Waals surface area contributed by atoms with Crippen LogP contribution in [-0.4, -0.2) is 48.5 Å². The molecule has 1 unspecified atom stereocenters. The SMILES string of the molecule is CN(C)CC(O)/C=C(\CO)c1ccccc1. The van der Waals surface area contributed by atoms with E-state index in [9.17, 15) is 10.2 Å². The Bertz CT molecular complexity index is 333. The molecule has 0 bridgehead atoms. The van der Waals surface area contributed by atoms with Gasteiger partial charge in [0.15, 0.2) is 0 Å². The van der Waals surface area contributed by atoms with Gasteiger partial charge in [0, 0.05) is 6.54 Å². The van der Waals surface area contributed by atoms with Crippen molar-refractivity contribution >= 4 is 5.57 Å². The normalized spacial score (nSPS) is 14.2. The molecule has 3 heteroatoms. The smallest absolute Gasteiger partial charge is 0.0854 e. The van der Waals surface area contributed by atoms with Crippen LogP contribution in [0.3, 0.4) is 0 Å². The number of hydrogen-bond donors (Lipinski definition) is 2. The zero-order valence-electron chi connectivity index (χ0n) is 9.80. The molecule has 0 amide bonds. The van der Waals surface area contributed by atoms with E-state index in [0.717, 1.165) is 11.1 Å². The quantitative estimate of drug-likeness (QED) is 0.779. The van der Waals surface area contributed by atoms with Crippen LogP contribution in [0.5, 0.6) is 0 Å². The van der Waals surface area contributed by atoms with Gasteiger partial charge in [0.05, 0.1) is 12.7 Å². The number of nitrogens with zero attached hydrogens (tertiary/aromatic N) is 1. The summed E-state index contributed by atoms with van der Waals surface area (Å²) < 4.78 is 0. The molecule has 0 saturated heterocycles. The van der Waals surface area contributed by atoms with Gasteiger partial charge >= 0.3 is 0 Å². The van der Waals surface area contributed by atoms with E-state index in [1.165, 1.54) is 0 Å². The summed E-state index contributed by atoms with van der Waals surface area (Å²) in [5.41, 5.74) is 1.71. The molecule has 0 aromatic heterocycles. The summed E-state index contributed by atoms with van der Waals surface area (Å²) in [6, 6.07) is 9.60. The summed E-state index contributed by atoms with van der Waals surface area (Å²) in [5.74, 6) is 0. The molecule has 16 heavy (non-hydrogen) atoms. The molecule has 2 N–H and O–H groups in total. The van der Waals surface area contributed by atoms with Gasteiger partial charge in [-0.2, -0.15) is 0 Å². The molecule has 1 aromatic carbocycles. The Morgan fingerprint density at radius 3 is 2.44 bits per heavy atom. The molecule has 0 aliphatic rings. The highest BCUT2D eigenvalue weighted by Crippen LogP contribution is 2.14. The predicted molar refractivity (Wildman–Crippen MR) is 66.1 cm³/mol. The van der Waals surface area contributed by atoms with Crippen LogP contribution in [-0.2, 0) is 0 Å². The molecule has 0 spiro atoms. The van der Waals surface area contributed by atoms with E-state index in [4.69, 9.17) is 0 Å². The Balaban J connectivity index is 2.78. The Labute approximate surface area is 96.6 Å². The number of aliphatic hydroxyl groups is 2. The average Bonchev–Trinajstić information content (AvgIpc) is 2.26. The molecule has 0 saturated carbocycles. The second kappa shape index (κ2) is 6.43. The van der Waals surface area contributed by atoms with Crippen molar-refractivity contribution in [1.29, 1.82) is 0 Å². The Hall–Kier alpha value is -1.16.